The largest absolute Gasteiger partial charge is 0.286 e. The zero-order valence-electron chi connectivity index (χ0n) is 8.84. The van der Waals surface area contributed by atoms with Crippen molar-refractivity contribution in [2.45, 2.75) is 13.0 Å². The molecule has 1 fully saturated rings. The third-order valence-electron chi connectivity index (χ3n) is 2.53. The summed E-state index contributed by atoms with van der Waals surface area (Å²) in [5, 5.41) is 0. The van der Waals surface area contributed by atoms with Crippen molar-refractivity contribution >= 4 is 34.2 Å². The molecule has 1 saturated heterocycles. The van der Waals surface area contributed by atoms with Crippen molar-refractivity contribution in [2.24, 2.45) is 0 Å². The van der Waals surface area contributed by atoms with E-state index < -0.39 is 0 Å². The molecule has 2 rings (SSSR count). The van der Waals surface area contributed by atoms with Crippen molar-refractivity contribution in [3.63, 3.8) is 0 Å². The first-order chi connectivity index (χ1) is 7.61. The molecular formula is C12H11NOS2. The minimum atomic E-state index is -0.0775. The number of nitrogens with zero attached hydrogens (tertiary/aromatic N) is 1. The number of thioether (sulfide) groups is 1. The van der Waals surface area contributed by atoms with Gasteiger partial charge in [-0.3, -0.25) is 9.69 Å². The second-order valence-corrected chi connectivity index (χ2v) is 5.28. The first-order valence-electron chi connectivity index (χ1n) is 4.90. The van der Waals surface area contributed by atoms with Crippen LogP contribution >= 0.6 is 24.0 Å². The van der Waals surface area contributed by atoms with Crippen LogP contribution in [0, 0.1) is 0 Å². The van der Waals surface area contributed by atoms with Crippen LogP contribution in [0.4, 0.5) is 0 Å². The van der Waals surface area contributed by atoms with E-state index in [1.54, 1.807) is 4.90 Å². The summed E-state index contributed by atoms with van der Waals surface area (Å²) in [6, 6.07) is 9.81. The number of amides is 1. The van der Waals surface area contributed by atoms with E-state index in [1.807, 2.05) is 37.3 Å². The average Bonchev–Trinajstić information content (AvgIpc) is 2.54. The smallest absolute Gasteiger partial charge is 0.266 e. The molecule has 1 aliphatic rings. The van der Waals surface area contributed by atoms with Crippen molar-refractivity contribution in [3.8, 4) is 0 Å². The summed E-state index contributed by atoms with van der Waals surface area (Å²) in [7, 11) is 0. The number of hydrogen-bond donors (Lipinski definition) is 0. The molecular weight excluding hydrogens is 238 g/mol. The molecule has 0 spiro atoms. The van der Waals surface area contributed by atoms with Crippen molar-refractivity contribution < 1.29 is 4.79 Å². The Morgan fingerprint density at radius 1 is 1.38 bits per heavy atom. The molecule has 0 saturated carbocycles. The van der Waals surface area contributed by atoms with Crippen LogP contribution in [0.3, 0.4) is 0 Å². The number of thiocarbonyl (C=S) groups is 1. The van der Waals surface area contributed by atoms with Crippen LogP contribution in [-0.2, 0) is 4.79 Å². The normalized spacial score (nSPS) is 18.1. The molecule has 0 N–H and O–H groups in total. The Labute approximate surface area is 104 Å². The Morgan fingerprint density at radius 2 is 2.00 bits per heavy atom. The lowest BCUT2D eigenvalue weighted by molar-refractivity contribution is -0.123. The van der Waals surface area contributed by atoms with Gasteiger partial charge in [0.25, 0.3) is 5.91 Å². The molecule has 1 atom stereocenters. The zero-order valence-corrected chi connectivity index (χ0v) is 10.5. The SMILES string of the molecule is C=C1SC(=S)N(C(C)c2ccccc2)C1=O. The van der Waals surface area contributed by atoms with Gasteiger partial charge in [0.2, 0.25) is 0 Å². The van der Waals surface area contributed by atoms with Gasteiger partial charge in [0.1, 0.15) is 4.32 Å². The van der Waals surface area contributed by atoms with Crippen molar-refractivity contribution in [3.05, 3.63) is 47.4 Å². The fourth-order valence-electron chi connectivity index (χ4n) is 1.63. The molecule has 4 heteroatoms. The number of carbonyl (C=O) groups excluding carboxylic acids is 1. The predicted molar refractivity (Wildman–Crippen MR) is 71.0 cm³/mol. The molecule has 1 unspecified atom stereocenters. The van der Waals surface area contributed by atoms with E-state index in [0.29, 0.717) is 9.23 Å². The Kier molecular flexibility index (Phi) is 3.12. The second kappa shape index (κ2) is 4.39. The fourth-order valence-corrected chi connectivity index (χ4v) is 2.91. The lowest BCUT2D eigenvalue weighted by Crippen LogP contribution is -2.30. The molecule has 0 aromatic heterocycles. The van der Waals surface area contributed by atoms with E-state index in [-0.39, 0.29) is 11.9 Å². The monoisotopic (exact) mass is 249 g/mol. The Bertz CT molecular complexity index is 455. The summed E-state index contributed by atoms with van der Waals surface area (Å²) in [6.07, 6.45) is 0. The summed E-state index contributed by atoms with van der Waals surface area (Å²) >= 11 is 6.45. The standard InChI is InChI=1S/C12H11NOS2/c1-8(10-6-4-3-5-7-10)13-11(14)9(2)16-12(13)15/h3-8H,2H2,1H3. The van der Waals surface area contributed by atoms with Crippen LogP contribution in [0.5, 0.6) is 0 Å². The quantitative estimate of drug-likeness (QED) is 0.593. The maximum Gasteiger partial charge on any atom is 0.266 e. The van der Waals surface area contributed by atoms with Crippen molar-refractivity contribution in [2.75, 3.05) is 0 Å². The molecule has 1 aromatic rings. The minimum Gasteiger partial charge on any atom is -0.286 e. The van der Waals surface area contributed by atoms with Gasteiger partial charge in [-0.25, -0.2) is 0 Å². The average molecular weight is 249 g/mol. The molecule has 0 aliphatic carbocycles. The summed E-state index contributed by atoms with van der Waals surface area (Å²) in [5.74, 6) is -0.0775. The van der Waals surface area contributed by atoms with E-state index in [0.717, 1.165) is 5.56 Å². The third-order valence-corrected chi connectivity index (χ3v) is 3.77. The molecule has 0 bridgehead atoms. The van der Waals surface area contributed by atoms with Crippen LogP contribution in [0.25, 0.3) is 0 Å². The van der Waals surface area contributed by atoms with E-state index >= 15 is 0 Å². The zero-order chi connectivity index (χ0) is 11.7. The topological polar surface area (TPSA) is 20.3 Å². The molecule has 82 valence electrons. The molecule has 1 aromatic carbocycles. The highest BCUT2D eigenvalue weighted by atomic mass is 32.2. The highest BCUT2D eigenvalue weighted by Crippen LogP contribution is 2.35. The van der Waals surface area contributed by atoms with Gasteiger partial charge in [-0.1, -0.05) is 60.9 Å². The van der Waals surface area contributed by atoms with Crippen LogP contribution < -0.4 is 0 Å². The first-order valence-corrected chi connectivity index (χ1v) is 6.13. The number of hydrogen-bond acceptors (Lipinski definition) is 3. The summed E-state index contributed by atoms with van der Waals surface area (Å²) < 4.78 is 0.589. The fraction of sp³-hybridized carbons (Fsp3) is 0.167. The van der Waals surface area contributed by atoms with Gasteiger partial charge < -0.3 is 0 Å². The molecule has 16 heavy (non-hydrogen) atoms. The van der Waals surface area contributed by atoms with Gasteiger partial charge in [0.05, 0.1) is 10.9 Å². The Morgan fingerprint density at radius 3 is 2.50 bits per heavy atom. The van der Waals surface area contributed by atoms with Crippen LogP contribution in [0.2, 0.25) is 0 Å². The van der Waals surface area contributed by atoms with E-state index in [9.17, 15) is 4.79 Å². The number of rotatable bonds is 2. The molecule has 2 nitrogen and oxygen atoms in total. The Hall–Kier alpha value is -1.13. The molecule has 0 radical (unpaired) electrons. The van der Waals surface area contributed by atoms with Crippen molar-refractivity contribution in [1.82, 2.24) is 4.90 Å². The van der Waals surface area contributed by atoms with Gasteiger partial charge in [0, 0.05) is 0 Å². The predicted octanol–water partition coefficient (Wildman–Crippen LogP) is 3.12. The van der Waals surface area contributed by atoms with Gasteiger partial charge in [-0.05, 0) is 12.5 Å². The molecule has 1 amide bonds. The molecule has 1 heterocycles. The van der Waals surface area contributed by atoms with Crippen LogP contribution in [0.1, 0.15) is 18.5 Å². The summed E-state index contributed by atoms with van der Waals surface area (Å²) in [4.78, 5) is 14.0. The first kappa shape index (κ1) is 11.4. The maximum absolute atomic E-state index is 11.8. The van der Waals surface area contributed by atoms with Gasteiger partial charge >= 0.3 is 0 Å². The van der Waals surface area contributed by atoms with E-state index in [2.05, 4.69) is 6.58 Å². The second-order valence-electron chi connectivity index (χ2n) is 3.55. The number of carbonyl (C=O) groups is 1. The third kappa shape index (κ3) is 1.90. The number of benzene rings is 1. The highest BCUT2D eigenvalue weighted by Gasteiger charge is 2.34. The lowest BCUT2D eigenvalue weighted by atomic mass is 10.1. The van der Waals surface area contributed by atoms with E-state index in [4.69, 9.17) is 12.2 Å². The Balaban J connectivity index is 2.29. The van der Waals surface area contributed by atoms with Gasteiger partial charge in [0.15, 0.2) is 0 Å². The van der Waals surface area contributed by atoms with Crippen molar-refractivity contribution in [1.29, 1.82) is 0 Å². The highest BCUT2D eigenvalue weighted by molar-refractivity contribution is 8.26. The van der Waals surface area contributed by atoms with Crippen LogP contribution in [0.15, 0.2) is 41.8 Å². The lowest BCUT2D eigenvalue weighted by Gasteiger charge is -2.23. The van der Waals surface area contributed by atoms with Gasteiger partial charge in [-0.15, -0.1) is 0 Å². The minimum absolute atomic E-state index is 0.0343. The van der Waals surface area contributed by atoms with Gasteiger partial charge in [-0.2, -0.15) is 0 Å². The van der Waals surface area contributed by atoms with E-state index in [1.165, 1.54) is 11.8 Å². The summed E-state index contributed by atoms with van der Waals surface area (Å²) in [6.45, 7) is 5.67. The summed E-state index contributed by atoms with van der Waals surface area (Å²) in [5.41, 5.74) is 1.08. The van der Waals surface area contributed by atoms with Crippen LogP contribution in [-0.4, -0.2) is 15.1 Å². The molecule has 1 aliphatic heterocycles. The maximum atomic E-state index is 11.8.